The Morgan fingerprint density at radius 3 is 2.31 bits per heavy atom. The number of methoxy groups -OCH3 is 1. The molecule has 1 amide bonds. The third kappa shape index (κ3) is 6.08. The zero-order chi connectivity index (χ0) is 26.4. The van der Waals surface area contributed by atoms with Gasteiger partial charge in [0, 0.05) is 28.8 Å². The number of hydrogen-bond acceptors (Lipinski definition) is 4. The first kappa shape index (κ1) is 26.8. The number of amides is 1. The number of carbonyl (C=O) groups excluding carboxylic acids is 1. The Morgan fingerprint density at radius 1 is 1.00 bits per heavy atom. The molecule has 0 atom stereocenters. The number of fused-ring (bicyclic) bond motifs is 1. The molecule has 1 aromatic heterocycles. The van der Waals surface area contributed by atoms with Crippen molar-refractivity contribution in [3.63, 3.8) is 0 Å². The standard InChI is InChI=1S/C17H13Cl2NO.C9H7F2NO3/c1-10-5-6-12(17-11(10)4-3-7-20-17)13-8-14(18)15(19)9-16(13)21-2;10-5-2-1-3-6(11)8(5)9(15)12-4-7(13)14/h3-9H,1-2H3;1-3H,4H2,(H,12,15)(H,13,14). The van der Waals surface area contributed by atoms with E-state index in [0.717, 1.165) is 40.2 Å². The highest BCUT2D eigenvalue weighted by Crippen LogP contribution is 2.39. The van der Waals surface area contributed by atoms with Crippen LogP contribution in [0.5, 0.6) is 5.75 Å². The van der Waals surface area contributed by atoms with Gasteiger partial charge in [-0.25, -0.2) is 8.78 Å². The van der Waals surface area contributed by atoms with Gasteiger partial charge >= 0.3 is 5.97 Å². The Hall–Kier alpha value is -3.75. The SMILES string of the molecule is COc1cc(Cl)c(Cl)cc1-c1ccc(C)c2cccnc12.O=C(O)CNC(=O)c1c(F)cccc1F. The van der Waals surface area contributed by atoms with Gasteiger partial charge in [0.05, 0.1) is 22.7 Å². The van der Waals surface area contributed by atoms with Gasteiger partial charge in [-0.05, 0) is 36.8 Å². The van der Waals surface area contributed by atoms with Crippen LogP contribution >= 0.6 is 23.2 Å². The van der Waals surface area contributed by atoms with Crippen LogP contribution in [0.15, 0.2) is 60.8 Å². The Labute approximate surface area is 215 Å². The first-order chi connectivity index (χ1) is 17.1. The first-order valence-electron chi connectivity index (χ1n) is 10.5. The van der Waals surface area contributed by atoms with E-state index in [1.807, 2.05) is 23.5 Å². The summed E-state index contributed by atoms with van der Waals surface area (Å²) in [4.78, 5) is 25.8. The van der Waals surface area contributed by atoms with Crippen molar-refractivity contribution in [2.75, 3.05) is 13.7 Å². The molecule has 4 rings (SSSR count). The van der Waals surface area contributed by atoms with E-state index in [4.69, 9.17) is 33.0 Å². The number of aryl methyl sites for hydroxylation is 1. The predicted molar refractivity (Wildman–Crippen MR) is 135 cm³/mol. The van der Waals surface area contributed by atoms with Gasteiger partial charge in [0.25, 0.3) is 5.91 Å². The average molecular weight is 533 g/mol. The minimum atomic E-state index is -1.29. The fourth-order valence-corrected chi connectivity index (χ4v) is 3.72. The number of carboxylic acids is 1. The Kier molecular flexibility index (Phi) is 8.79. The fraction of sp³-hybridized carbons (Fsp3) is 0.115. The topological polar surface area (TPSA) is 88.5 Å². The Morgan fingerprint density at radius 2 is 1.67 bits per heavy atom. The molecule has 0 saturated heterocycles. The zero-order valence-electron chi connectivity index (χ0n) is 19.1. The number of aliphatic carboxylic acids is 1. The second-order valence-electron chi connectivity index (χ2n) is 7.47. The largest absolute Gasteiger partial charge is 0.496 e. The van der Waals surface area contributed by atoms with Crippen LogP contribution in [0.3, 0.4) is 0 Å². The summed E-state index contributed by atoms with van der Waals surface area (Å²) < 4.78 is 31.4. The number of pyridine rings is 1. The van der Waals surface area contributed by atoms with Gasteiger partial charge in [-0.2, -0.15) is 0 Å². The summed E-state index contributed by atoms with van der Waals surface area (Å²) in [5.74, 6) is -3.76. The highest BCUT2D eigenvalue weighted by atomic mass is 35.5. The summed E-state index contributed by atoms with van der Waals surface area (Å²) in [6, 6.07) is 14.6. The number of hydrogen-bond donors (Lipinski definition) is 2. The molecule has 1 heterocycles. The predicted octanol–water partition coefficient (Wildman–Crippen LogP) is 6.30. The van der Waals surface area contributed by atoms with Gasteiger partial charge in [0.1, 0.15) is 29.5 Å². The minimum absolute atomic E-state index is 0.474. The number of nitrogens with zero attached hydrogens (tertiary/aromatic N) is 1. The van der Waals surface area contributed by atoms with Crippen LogP contribution in [0.1, 0.15) is 15.9 Å². The first-order valence-corrected chi connectivity index (χ1v) is 11.2. The second kappa shape index (κ2) is 11.8. The van der Waals surface area contributed by atoms with Crippen molar-refractivity contribution in [1.82, 2.24) is 10.3 Å². The van der Waals surface area contributed by atoms with Crippen LogP contribution in [0.4, 0.5) is 8.78 Å². The quantitative estimate of drug-likeness (QED) is 0.314. The molecule has 36 heavy (non-hydrogen) atoms. The molecule has 2 N–H and O–H groups in total. The van der Waals surface area contributed by atoms with Crippen LogP contribution < -0.4 is 10.1 Å². The van der Waals surface area contributed by atoms with Crippen LogP contribution in [-0.4, -0.2) is 35.6 Å². The van der Waals surface area contributed by atoms with E-state index >= 15 is 0 Å². The van der Waals surface area contributed by atoms with Gasteiger partial charge in [-0.15, -0.1) is 0 Å². The molecule has 0 saturated carbocycles. The molecular formula is C26H20Cl2F2N2O4. The van der Waals surface area contributed by atoms with Crippen LogP contribution in [0.25, 0.3) is 22.0 Å². The monoisotopic (exact) mass is 532 g/mol. The third-order valence-corrected chi connectivity index (χ3v) is 5.83. The maximum Gasteiger partial charge on any atom is 0.322 e. The normalized spacial score (nSPS) is 10.4. The number of benzene rings is 3. The molecule has 0 radical (unpaired) electrons. The van der Waals surface area contributed by atoms with Crippen LogP contribution in [0.2, 0.25) is 10.0 Å². The number of carboxylic acid groups (broad SMARTS) is 1. The lowest BCUT2D eigenvalue weighted by Crippen LogP contribution is -2.30. The van der Waals surface area contributed by atoms with Gasteiger partial charge in [0.2, 0.25) is 0 Å². The highest BCUT2D eigenvalue weighted by Gasteiger charge is 2.17. The van der Waals surface area contributed by atoms with E-state index < -0.39 is 35.6 Å². The van der Waals surface area contributed by atoms with Crippen molar-refractivity contribution in [1.29, 1.82) is 0 Å². The molecule has 0 aliphatic carbocycles. The summed E-state index contributed by atoms with van der Waals surface area (Å²) in [6.07, 6.45) is 1.79. The van der Waals surface area contributed by atoms with E-state index in [2.05, 4.69) is 24.0 Å². The van der Waals surface area contributed by atoms with Crippen LogP contribution in [0, 0.1) is 18.6 Å². The lowest BCUT2D eigenvalue weighted by atomic mass is 9.98. The lowest BCUT2D eigenvalue weighted by molar-refractivity contribution is -0.135. The molecule has 10 heteroatoms. The van der Waals surface area contributed by atoms with Crippen molar-refractivity contribution in [2.24, 2.45) is 0 Å². The summed E-state index contributed by atoms with van der Waals surface area (Å²) >= 11 is 12.2. The molecule has 6 nitrogen and oxygen atoms in total. The van der Waals surface area contributed by atoms with E-state index in [1.165, 1.54) is 5.56 Å². The molecule has 0 bridgehead atoms. The zero-order valence-corrected chi connectivity index (χ0v) is 20.6. The number of aromatic nitrogens is 1. The smallest absolute Gasteiger partial charge is 0.322 e. The number of carbonyl (C=O) groups is 2. The average Bonchev–Trinajstić information content (AvgIpc) is 2.85. The maximum absolute atomic E-state index is 13.0. The van der Waals surface area contributed by atoms with Gasteiger partial charge in [0.15, 0.2) is 0 Å². The molecule has 0 aliphatic rings. The van der Waals surface area contributed by atoms with E-state index in [0.29, 0.717) is 15.8 Å². The molecule has 4 aromatic rings. The molecular weight excluding hydrogens is 513 g/mol. The van der Waals surface area contributed by atoms with Crippen molar-refractivity contribution < 1.29 is 28.2 Å². The highest BCUT2D eigenvalue weighted by molar-refractivity contribution is 6.42. The van der Waals surface area contributed by atoms with E-state index in [-0.39, 0.29) is 0 Å². The third-order valence-electron chi connectivity index (χ3n) is 5.11. The minimum Gasteiger partial charge on any atom is -0.496 e. The summed E-state index contributed by atoms with van der Waals surface area (Å²) in [6.45, 7) is 1.38. The Balaban J connectivity index is 0.000000214. The summed E-state index contributed by atoms with van der Waals surface area (Å²) in [7, 11) is 1.62. The fourth-order valence-electron chi connectivity index (χ4n) is 3.40. The molecule has 0 aliphatic heterocycles. The lowest BCUT2D eigenvalue weighted by Gasteiger charge is -2.13. The van der Waals surface area contributed by atoms with Gasteiger partial charge in [-0.1, -0.05) is 47.5 Å². The second-order valence-corrected chi connectivity index (χ2v) is 8.28. The molecule has 3 aromatic carbocycles. The van der Waals surface area contributed by atoms with E-state index in [1.54, 1.807) is 19.4 Å². The van der Waals surface area contributed by atoms with Crippen molar-refractivity contribution in [3.8, 4) is 16.9 Å². The van der Waals surface area contributed by atoms with Gasteiger partial charge in [-0.3, -0.25) is 14.6 Å². The number of halogens is 4. The van der Waals surface area contributed by atoms with Gasteiger partial charge < -0.3 is 15.2 Å². The molecule has 186 valence electrons. The van der Waals surface area contributed by atoms with Crippen molar-refractivity contribution in [3.05, 3.63) is 93.6 Å². The molecule has 0 spiro atoms. The van der Waals surface area contributed by atoms with E-state index in [9.17, 15) is 18.4 Å². The number of rotatable bonds is 5. The summed E-state index contributed by atoms with van der Waals surface area (Å²) in [5, 5.41) is 12.2. The van der Waals surface area contributed by atoms with Crippen LogP contribution in [-0.2, 0) is 4.79 Å². The Bertz CT molecular complexity index is 1430. The maximum atomic E-state index is 13.0. The van der Waals surface area contributed by atoms with Crippen molar-refractivity contribution in [2.45, 2.75) is 6.92 Å². The number of nitrogens with one attached hydrogen (secondary N) is 1. The number of ether oxygens (including phenoxy) is 1. The van der Waals surface area contributed by atoms with Crippen molar-refractivity contribution >= 4 is 46.0 Å². The molecule has 0 fully saturated rings. The molecule has 0 unspecified atom stereocenters. The summed E-state index contributed by atoms with van der Waals surface area (Å²) in [5.41, 5.74) is 3.19.